The van der Waals surface area contributed by atoms with Gasteiger partial charge in [0, 0.05) is 21.8 Å². The van der Waals surface area contributed by atoms with Gasteiger partial charge < -0.3 is 4.98 Å². The first-order valence-electron chi connectivity index (χ1n) is 10.2. The molecular weight excluding hydrogens is 340 g/mol. The van der Waals surface area contributed by atoms with Crippen molar-refractivity contribution in [1.29, 1.82) is 5.26 Å². The predicted molar refractivity (Wildman–Crippen MR) is 117 cm³/mol. The molecule has 1 heterocycles. The molecule has 3 aromatic carbocycles. The van der Waals surface area contributed by atoms with Gasteiger partial charge in [-0.05, 0) is 98.0 Å². The summed E-state index contributed by atoms with van der Waals surface area (Å²) in [6.45, 7) is 6.57. The second kappa shape index (κ2) is 6.24. The van der Waals surface area contributed by atoms with Crippen LogP contribution in [0.25, 0.3) is 32.9 Å². The van der Waals surface area contributed by atoms with Crippen molar-refractivity contribution < 1.29 is 0 Å². The highest BCUT2D eigenvalue weighted by Gasteiger charge is 2.20. The smallest absolute Gasteiger partial charge is 0.0995 e. The van der Waals surface area contributed by atoms with Crippen molar-refractivity contribution in [2.45, 2.75) is 46.5 Å². The van der Waals surface area contributed by atoms with Crippen molar-refractivity contribution in [3.05, 3.63) is 69.8 Å². The third-order valence-electron chi connectivity index (χ3n) is 6.30. The van der Waals surface area contributed by atoms with Gasteiger partial charge >= 0.3 is 0 Å². The third-order valence-corrected chi connectivity index (χ3v) is 6.30. The van der Waals surface area contributed by atoms with E-state index in [-0.39, 0.29) is 0 Å². The number of fused-ring (bicyclic) bond motifs is 5. The number of aromatic amines is 1. The van der Waals surface area contributed by atoms with E-state index in [4.69, 9.17) is 0 Å². The van der Waals surface area contributed by atoms with E-state index >= 15 is 0 Å². The Kier molecular flexibility index (Phi) is 3.81. The summed E-state index contributed by atoms with van der Waals surface area (Å²) >= 11 is 0. The van der Waals surface area contributed by atoms with Gasteiger partial charge in [-0.2, -0.15) is 5.26 Å². The first-order valence-corrected chi connectivity index (χ1v) is 10.2. The van der Waals surface area contributed by atoms with E-state index in [9.17, 15) is 5.26 Å². The van der Waals surface area contributed by atoms with E-state index in [1.54, 1.807) is 0 Å². The molecule has 1 N–H and O–H groups in total. The number of H-pyrrole nitrogens is 1. The van der Waals surface area contributed by atoms with E-state index in [1.165, 1.54) is 62.6 Å². The summed E-state index contributed by atoms with van der Waals surface area (Å²) < 4.78 is 0. The Hall–Kier alpha value is -3.05. The Morgan fingerprint density at radius 3 is 2.29 bits per heavy atom. The molecule has 0 amide bonds. The van der Waals surface area contributed by atoms with E-state index in [0.29, 0.717) is 0 Å². The number of hydrogen-bond acceptors (Lipinski definition) is 1. The molecule has 1 aliphatic rings. The Bertz CT molecular complexity index is 1270. The molecule has 2 heteroatoms. The van der Waals surface area contributed by atoms with Crippen LogP contribution in [0.15, 0.2) is 36.4 Å². The zero-order chi connectivity index (χ0) is 19.4. The van der Waals surface area contributed by atoms with Crippen molar-refractivity contribution in [2.75, 3.05) is 0 Å². The predicted octanol–water partition coefficient (Wildman–Crippen LogP) is 6.66. The van der Waals surface area contributed by atoms with Crippen LogP contribution in [-0.2, 0) is 12.8 Å². The Labute approximate surface area is 165 Å². The van der Waals surface area contributed by atoms with Gasteiger partial charge in [-0.1, -0.05) is 23.8 Å². The van der Waals surface area contributed by atoms with Crippen LogP contribution in [0, 0.1) is 32.1 Å². The highest BCUT2D eigenvalue weighted by molar-refractivity contribution is 6.11. The summed E-state index contributed by atoms with van der Waals surface area (Å²) in [6.07, 6.45) is 4.49. The minimum absolute atomic E-state index is 0.846. The van der Waals surface area contributed by atoms with Gasteiger partial charge in [-0.3, -0.25) is 0 Å². The molecule has 1 aliphatic carbocycles. The van der Waals surface area contributed by atoms with Gasteiger partial charge in [-0.15, -0.1) is 0 Å². The first kappa shape index (κ1) is 17.1. The van der Waals surface area contributed by atoms with Crippen LogP contribution in [0.2, 0.25) is 0 Å². The molecule has 0 aliphatic heterocycles. The highest BCUT2D eigenvalue weighted by Crippen LogP contribution is 2.38. The van der Waals surface area contributed by atoms with Crippen molar-refractivity contribution in [3.8, 4) is 17.2 Å². The van der Waals surface area contributed by atoms with Crippen molar-refractivity contribution >= 4 is 21.8 Å². The normalized spacial score (nSPS) is 13.6. The maximum atomic E-state index is 9.64. The van der Waals surface area contributed by atoms with Gasteiger partial charge in [0.15, 0.2) is 0 Å². The van der Waals surface area contributed by atoms with Gasteiger partial charge in [0.05, 0.1) is 11.6 Å². The molecule has 2 nitrogen and oxygen atoms in total. The molecule has 1 aromatic heterocycles. The van der Waals surface area contributed by atoms with Crippen LogP contribution in [0.5, 0.6) is 0 Å². The van der Waals surface area contributed by atoms with Gasteiger partial charge in [0.1, 0.15) is 0 Å². The molecule has 0 atom stereocenters. The first-order chi connectivity index (χ1) is 13.6. The summed E-state index contributed by atoms with van der Waals surface area (Å²) in [7, 11) is 0. The second-order valence-electron chi connectivity index (χ2n) is 8.28. The number of rotatable bonds is 1. The van der Waals surface area contributed by atoms with E-state index in [2.05, 4.69) is 68.2 Å². The average molecular weight is 364 g/mol. The lowest BCUT2D eigenvalue weighted by Crippen LogP contribution is -2.05. The van der Waals surface area contributed by atoms with Crippen LogP contribution < -0.4 is 0 Å². The van der Waals surface area contributed by atoms with Crippen LogP contribution in [0.3, 0.4) is 0 Å². The number of nitrogens with one attached hydrogen (secondary N) is 1. The lowest BCUT2D eigenvalue weighted by atomic mass is 9.85. The fourth-order valence-corrected chi connectivity index (χ4v) is 5.25. The number of hydrogen-bond donors (Lipinski definition) is 1. The van der Waals surface area contributed by atoms with E-state index in [0.717, 1.165) is 29.4 Å². The SMILES string of the molecule is Cc1cc(C)c(-c2ccc3[nH]c4cc(C#N)c5c(c4c3c2)CCCC5)c(C)c1. The van der Waals surface area contributed by atoms with Gasteiger partial charge in [0.25, 0.3) is 0 Å². The van der Waals surface area contributed by atoms with Crippen molar-refractivity contribution in [1.82, 2.24) is 4.98 Å². The van der Waals surface area contributed by atoms with Crippen LogP contribution in [0.4, 0.5) is 0 Å². The quantitative estimate of drug-likeness (QED) is 0.403. The third kappa shape index (κ3) is 2.47. The van der Waals surface area contributed by atoms with E-state index in [1.807, 2.05) is 0 Å². The minimum Gasteiger partial charge on any atom is -0.354 e. The molecule has 0 saturated heterocycles. The maximum Gasteiger partial charge on any atom is 0.0995 e. The molecule has 0 unspecified atom stereocenters. The lowest BCUT2D eigenvalue weighted by molar-refractivity contribution is 0.689. The van der Waals surface area contributed by atoms with Crippen molar-refractivity contribution in [2.24, 2.45) is 0 Å². The van der Waals surface area contributed by atoms with Crippen molar-refractivity contribution in [3.63, 3.8) is 0 Å². The minimum atomic E-state index is 0.846. The van der Waals surface area contributed by atoms with Crippen LogP contribution in [-0.4, -0.2) is 4.98 Å². The Balaban J connectivity index is 1.83. The largest absolute Gasteiger partial charge is 0.354 e. The molecule has 0 spiro atoms. The molecular formula is C26H24N2. The van der Waals surface area contributed by atoms with E-state index < -0.39 is 0 Å². The second-order valence-corrected chi connectivity index (χ2v) is 8.28. The number of nitriles is 1. The summed E-state index contributed by atoms with van der Waals surface area (Å²) in [5.41, 5.74) is 12.3. The molecule has 0 bridgehead atoms. The number of aromatic nitrogens is 1. The lowest BCUT2D eigenvalue weighted by Gasteiger charge is -2.18. The fourth-order valence-electron chi connectivity index (χ4n) is 5.25. The summed E-state index contributed by atoms with van der Waals surface area (Å²) in [4.78, 5) is 3.57. The molecule has 0 radical (unpaired) electrons. The Morgan fingerprint density at radius 2 is 1.57 bits per heavy atom. The molecule has 0 fully saturated rings. The van der Waals surface area contributed by atoms with Crippen LogP contribution >= 0.6 is 0 Å². The molecule has 0 saturated carbocycles. The maximum absolute atomic E-state index is 9.64. The summed E-state index contributed by atoms with van der Waals surface area (Å²) in [5, 5.41) is 12.3. The number of nitrogens with zero attached hydrogens (tertiary/aromatic N) is 1. The average Bonchev–Trinajstić information content (AvgIpc) is 3.04. The Morgan fingerprint density at radius 1 is 0.857 bits per heavy atom. The summed E-state index contributed by atoms with van der Waals surface area (Å²) in [5.74, 6) is 0. The zero-order valence-electron chi connectivity index (χ0n) is 16.7. The topological polar surface area (TPSA) is 39.6 Å². The molecule has 28 heavy (non-hydrogen) atoms. The van der Waals surface area contributed by atoms with Gasteiger partial charge in [0.2, 0.25) is 0 Å². The number of aryl methyl sites for hydroxylation is 4. The van der Waals surface area contributed by atoms with Gasteiger partial charge in [-0.25, -0.2) is 0 Å². The molecule has 4 aromatic rings. The molecule has 5 rings (SSSR count). The zero-order valence-corrected chi connectivity index (χ0v) is 16.7. The highest BCUT2D eigenvalue weighted by atomic mass is 14.7. The van der Waals surface area contributed by atoms with Crippen LogP contribution in [0.1, 0.15) is 46.2 Å². The monoisotopic (exact) mass is 364 g/mol. The fraction of sp³-hybridized carbons (Fsp3) is 0.269. The standard InChI is InChI=1S/C26H24N2/c1-15-10-16(2)25(17(3)11-15)18-8-9-23-22(12-18)26-21-7-5-4-6-20(21)19(14-27)13-24(26)28-23/h8-13,28H,4-7H2,1-3H3. The molecule has 138 valence electrons. The number of benzene rings is 3. The summed E-state index contributed by atoms with van der Waals surface area (Å²) in [6, 6.07) is 15.8.